The second-order valence-electron chi connectivity index (χ2n) is 8.17. The number of hydrogen-bond acceptors (Lipinski definition) is 2. The van der Waals surface area contributed by atoms with E-state index >= 15 is 0 Å². The minimum atomic E-state index is -0.0120. The third-order valence-electron chi connectivity index (χ3n) is 6.21. The Morgan fingerprint density at radius 1 is 0.969 bits per heavy atom. The van der Waals surface area contributed by atoms with Gasteiger partial charge in [0.05, 0.1) is 17.6 Å². The van der Waals surface area contributed by atoms with Crippen molar-refractivity contribution < 1.29 is 4.79 Å². The fraction of sp³-hybridized carbons (Fsp3) is 0.231. The monoisotopic (exact) mass is 463 g/mol. The molecule has 1 saturated heterocycles. The van der Waals surface area contributed by atoms with E-state index in [1.54, 1.807) is 0 Å². The van der Waals surface area contributed by atoms with Gasteiger partial charge >= 0.3 is 0 Å². The molecule has 3 aromatic carbocycles. The molecule has 0 N–H and O–H groups in total. The summed E-state index contributed by atoms with van der Waals surface area (Å²) in [7, 11) is 0. The van der Waals surface area contributed by atoms with Crippen LogP contribution in [0.1, 0.15) is 36.2 Å². The summed E-state index contributed by atoms with van der Waals surface area (Å²) in [6.07, 6.45) is 1.40. The molecular formula is C26H23Cl2N3O. The molecule has 162 valence electrons. The number of hydrogen-bond donors (Lipinski definition) is 0. The Hall–Kier alpha value is -2.82. The van der Waals surface area contributed by atoms with E-state index in [0.29, 0.717) is 29.6 Å². The van der Waals surface area contributed by atoms with Gasteiger partial charge in [0.2, 0.25) is 5.91 Å². The van der Waals surface area contributed by atoms with E-state index in [0.717, 1.165) is 34.5 Å². The molecule has 4 aromatic rings. The molecule has 6 heteroatoms. The van der Waals surface area contributed by atoms with Crippen LogP contribution < -0.4 is 4.90 Å². The van der Waals surface area contributed by atoms with E-state index in [2.05, 4.69) is 29.7 Å². The number of carbonyl (C=O) groups excluding carboxylic acids is 1. The molecule has 32 heavy (non-hydrogen) atoms. The summed E-state index contributed by atoms with van der Waals surface area (Å²) in [6, 6.07) is 21.8. The molecule has 1 amide bonds. The van der Waals surface area contributed by atoms with Crippen molar-refractivity contribution in [1.29, 1.82) is 0 Å². The molecule has 1 aromatic heterocycles. The fourth-order valence-electron chi connectivity index (χ4n) is 4.46. The van der Waals surface area contributed by atoms with Crippen molar-refractivity contribution >= 4 is 45.8 Å². The summed E-state index contributed by atoms with van der Waals surface area (Å²) >= 11 is 13.0. The second kappa shape index (κ2) is 8.61. The Morgan fingerprint density at radius 3 is 2.41 bits per heavy atom. The number of benzene rings is 3. The van der Waals surface area contributed by atoms with Gasteiger partial charge in [-0.25, -0.2) is 4.98 Å². The summed E-state index contributed by atoms with van der Waals surface area (Å²) in [5, 5.41) is 1.25. The van der Waals surface area contributed by atoms with E-state index in [1.807, 2.05) is 53.4 Å². The van der Waals surface area contributed by atoms with E-state index < -0.39 is 0 Å². The molecule has 0 spiro atoms. The lowest BCUT2D eigenvalue weighted by Gasteiger charge is -2.18. The summed E-state index contributed by atoms with van der Waals surface area (Å²) in [5.74, 6) is 0.999. The number of imidazole rings is 1. The van der Waals surface area contributed by atoms with Crippen LogP contribution in [0, 0.1) is 0 Å². The molecule has 1 aliphatic heterocycles. The van der Waals surface area contributed by atoms with Crippen LogP contribution >= 0.6 is 23.2 Å². The molecule has 4 nitrogen and oxygen atoms in total. The lowest BCUT2D eigenvalue weighted by atomic mass is 10.1. The lowest BCUT2D eigenvalue weighted by Crippen LogP contribution is -2.24. The maximum Gasteiger partial charge on any atom is 0.227 e. The van der Waals surface area contributed by atoms with Crippen molar-refractivity contribution in [3.05, 3.63) is 93.7 Å². The third kappa shape index (κ3) is 3.78. The predicted molar refractivity (Wildman–Crippen MR) is 131 cm³/mol. The first-order valence-electron chi connectivity index (χ1n) is 10.8. The smallest absolute Gasteiger partial charge is 0.227 e. The Labute approximate surface area is 197 Å². The lowest BCUT2D eigenvalue weighted by molar-refractivity contribution is -0.117. The molecule has 0 saturated carbocycles. The van der Waals surface area contributed by atoms with Crippen LogP contribution in [0.3, 0.4) is 0 Å². The van der Waals surface area contributed by atoms with Gasteiger partial charge in [0.1, 0.15) is 5.82 Å². The number of para-hydroxylation sites is 2. The third-order valence-corrected chi connectivity index (χ3v) is 6.92. The Kier molecular flexibility index (Phi) is 5.66. The van der Waals surface area contributed by atoms with Crippen molar-refractivity contribution in [3.8, 4) is 0 Å². The number of nitrogens with zero attached hydrogens (tertiary/aromatic N) is 3. The molecule has 0 radical (unpaired) electrons. The number of aromatic nitrogens is 2. The van der Waals surface area contributed by atoms with Gasteiger partial charge in [-0.1, -0.05) is 60.5 Å². The topological polar surface area (TPSA) is 38.1 Å². The first kappa shape index (κ1) is 21.0. The Morgan fingerprint density at radius 2 is 1.69 bits per heavy atom. The average molecular weight is 464 g/mol. The molecule has 1 fully saturated rings. The largest absolute Gasteiger partial charge is 0.323 e. The van der Waals surface area contributed by atoms with Gasteiger partial charge in [0.25, 0.3) is 0 Å². The van der Waals surface area contributed by atoms with Crippen molar-refractivity contribution in [2.45, 2.75) is 32.2 Å². The van der Waals surface area contributed by atoms with Gasteiger partial charge in [-0.2, -0.15) is 0 Å². The maximum atomic E-state index is 13.0. The number of rotatable bonds is 5. The second-order valence-corrected chi connectivity index (χ2v) is 8.98. The van der Waals surface area contributed by atoms with Crippen molar-refractivity contribution in [2.24, 2.45) is 0 Å². The first-order chi connectivity index (χ1) is 15.5. The highest BCUT2D eigenvalue weighted by Crippen LogP contribution is 2.35. The van der Waals surface area contributed by atoms with Crippen LogP contribution in [0.4, 0.5) is 5.69 Å². The molecule has 1 unspecified atom stereocenters. The maximum absolute atomic E-state index is 13.0. The summed E-state index contributed by atoms with van der Waals surface area (Å²) in [5.41, 5.74) is 4.97. The summed E-state index contributed by atoms with van der Waals surface area (Å²) in [6.45, 7) is 3.23. The van der Waals surface area contributed by atoms with E-state index in [4.69, 9.17) is 28.2 Å². The van der Waals surface area contributed by atoms with Gasteiger partial charge < -0.3 is 9.47 Å². The molecule has 0 bridgehead atoms. The zero-order chi connectivity index (χ0) is 22.2. The minimum absolute atomic E-state index is 0.0120. The quantitative estimate of drug-likeness (QED) is 0.339. The molecular weight excluding hydrogens is 441 g/mol. The summed E-state index contributed by atoms with van der Waals surface area (Å²) < 4.78 is 2.16. The highest BCUT2D eigenvalue weighted by Gasteiger charge is 2.35. The summed E-state index contributed by atoms with van der Waals surface area (Å²) in [4.78, 5) is 19.8. The van der Waals surface area contributed by atoms with Crippen LogP contribution in [0.15, 0.2) is 66.7 Å². The van der Waals surface area contributed by atoms with Crippen molar-refractivity contribution in [3.63, 3.8) is 0 Å². The number of fused-ring (bicyclic) bond motifs is 1. The van der Waals surface area contributed by atoms with Crippen molar-refractivity contribution in [2.75, 3.05) is 11.4 Å². The SMILES string of the molecule is CCc1ccc(N2CC(c3nc4ccccc4n3Cc3c(Cl)cccc3Cl)CC2=O)cc1. The van der Waals surface area contributed by atoms with Crippen molar-refractivity contribution in [1.82, 2.24) is 9.55 Å². The molecule has 2 heterocycles. The Bertz CT molecular complexity index is 1280. The van der Waals surface area contributed by atoms with Gasteiger partial charge in [0.15, 0.2) is 0 Å². The fourth-order valence-corrected chi connectivity index (χ4v) is 4.97. The minimum Gasteiger partial charge on any atom is -0.323 e. The molecule has 0 aliphatic carbocycles. The van der Waals surface area contributed by atoms with Gasteiger partial charge in [-0.15, -0.1) is 0 Å². The Balaban J connectivity index is 1.53. The average Bonchev–Trinajstić information content (AvgIpc) is 3.37. The van der Waals surface area contributed by atoms with E-state index in [-0.39, 0.29) is 11.8 Å². The zero-order valence-corrected chi connectivity index (χ0v) is 19.3. The highest BCUT2D eigenvalue weighted by molar-refractivity contribution is 6.36. The zero-order valence-electron chi connectivity index (χ0n) is 17.8. The molecule has 1 aliphatic rings. The number of halogens is 2. The van der Waals surface area contributed by atoms with E-state index in [1.165, 1.54) is 5.56 Å². The van der Waals surface area contributed by atoms with Gasteiger partial charge in [0, 0.05) is 40.2 Å². The standard InChI is InChI=1S/C26H23Cl2N3O/c1-2-17-10-12-19(13-11-17)30-15-18(14-25(30)32)26-29-23-8-3-4-9-24(23)31(26)16-20-21(27)6-5-7-22(20)28/h3-13,18H,2,14-16H2,1H3. The number of amides is 1. The normalized spacial score (nSPS) is 16.3. The van der Waals surface area contributed by atoms with Crippen LogP contribution in [0.5, 0.6) is 0 Å². The van der Waals surface area contributed by atoms with Crippen LogP contribution in [0.2, 0.25) is 10.0 Å². The van der Waals surface area contributed by atoms with Gasteiger partial charge in [-0.05, 0) is 48.4 Å². The molecule has 1 atom stereocenters. The van der Waals surface area contributed by atoms with Crippen LogP contribution in [0.25, 0.3) is 11.0 Å². The number of anilines is 1. The van der Waals surface area contributed by atoms with E-state index in [9.17, 15) is 4.79 Å². The molecule has 5 rings (SSSR count). The van der Waals surface area contributed by atoms with Gasteiger partial charge in [-0.3, -0.25) is 4.79 Å². The first-order valence-corrected chi connectivity index (χ1v) is 11.6. The predicted octanol–water partition coefficient (Wildman–Crippen LogP) is 6.47. The number of carbonyl (C=O) groups is 1. The highest BCUT2D eigenvalue weighted by atomic mass is 35.5. The number of aryl methyl sites for hydroxylation is 1. The van der Waals surface area contributed by atoms with Crippen LogP contribution in [-0.4, -0.2) is 22.0 Å². The van der Waals surface area contributed by atoms with Crippen LogP contribution in [-0.2, 0) is 17.8 Å².